The highest BCUT2D eigenvalue weighted by Crippen LogP contribution is 2.07. The van der Waals surface area contributed by atoms with E-state index in [0.29, 0.717) is 13.1 Å². The fraction of sp³-hybridized carbons (Fsp3) is 0.750. The first-order valence-corrected chi connectivity index (χ1v) is 8.25. The van der Waals surface area contributed by atoms with Crippen molar-refractivity contribution in [3.8, 4) is 0 Å². The maximum atomic E-state index is 12.0. The second-order valence-electron chi connectivity index (χ2n) is 4.50. The molecule has 0 atom stereocenters. The highest BCUT2D eigenvalue weighted by molar-refractivity contribution is 7.89. The van der Waals surface area contributed by atoms with Crippen LogP contribution < -0.4 is 10.0 Å². The summed E-state index contributed by atoms with van der Waals surface area (Å²) in [6.45, 7) is 4.03. The number of nitrogens with one attached hydrogen (secondary N) is 2. The molecule has 1 aromatic rings. The van der Waals surface area contributed by atoms with Crippen LogP contribution in [0, 0.1) is 0 Å². The second kappa shape index (κ2) is 8.29. The van der Waals surface area contributed by atoms with Gasteiger partial charge in [-0.2, -0.15) is 5.10 Å². The van der Waals surface area contributed by atoms with Crippen LogP contribution in [-0.4, -0.2) is 38.3 Å². The number of aromatic nitrogens is 2. The molecule has 0 aromatic carbocycles. The third-order valence-electron chi connectivity index (χ3n) is 2.83. The van der Waals surface area contributed by atoms with E-state index in [1.54, 1.807) is 10.9 Å². The Kier molecular flexibility index (Phi) is 7.04. The Morgan fingerprint density at radius 3 is 2.74 bits per heavy atom. The van der Waals surface area contributed by atoms with Crippen LogP contribution in [0.5, 0.6) is 0 Å². The standard InChI is InChI=1S/C12H24N4O2S/c1-3-4-5-6-7-15-19(17,18)12-10-14-16(11-12)9-8-13-2/h10-11,13,15H,3-9H2,1-2H3. The Hall–Kier alpha value is -0.920. The Morgan fingerprint density at radius 1 is 1.26 bits per heavy atom. The third-order valence-corrected chi connectivity index (χ3v) is 4.25. The fourth-order valence-corrected chi connectivity index (χ4v) is 2.70. The second-order valence-corrected chi connectivity index (χ2v) is 6.27. The van der Waals surface area contributed by atoms with Gasteiger partial charge in [0.1, 0.15) is 4.90 Å². The summed E-state index contributed by atoms with van der Waals surface area (Å²) in [6.07, 6.45) is 7.17. The summed E-state index contributed by atoms with van der Waals surface area (Å²) < 4.78 is 28.2. The quantitative estimate of drug-likeness (QED) is 0.629. The normalized spacial score (nSPS) is 11.9. The van der Waals surface area contributed by atoms with Crippen molar-refractivity contribution in [2.24, 2.45) is 0 Å². The first kappa shape index (κ1) is 16.1. The molecule has 1 heterocycles. The van der Waals surface area contributed by atoms with Gasteiger partial charge >= 0.3 is 0 Å². The van der Waals surface area contributed by atoms with Crippen LogP contribution in [0.15, 0.2) is 17.3 Å². The molecule has 0 aliphatic carbocycles. The number of hydrogen-bond donors (Lipinski definition) is 2. The topological polar surface area (TPSA) is 76.0 Å². The van der Waals surface area contributed by atoms with Gasteiger partial charge in [-0.15, -0.1) is 0 Å². The molecule has 0 fully saturated rings. The van der Waals surface area contributed by atoms with Gasteiger partial charge in [0.25, 0.3) is 0 Å². The zero-order chi connectivity index (χ0) is 14.1. The van der Waals surface area contributed by atoms with Crippen molar-refractivity contribution in [3.05, 3.63) is 12.4 Å². The summed E-state index contributed by atoms with van der Waals surface area (Å²) in [7, 11) is -1.56. The van der Waals surface area contributed by atoms with Gasteiger partial charge in [0, 0.05) is 19.3 Å². The largest absolute Gasteiger partial charge is 0.318 e. The molecule has 6 nitrogen and oxygen atoms in total. The van der Waals surface area contributed by atoms with Crippen molar-refractivity contribution in [2.75, 3.05) is 20.1 Å². The summed E-state index contributed by atoms with van der Waals surface area (Å²) in [5.74, 6) is 0. The van der Waals surface area contributed by atoms with Crippen molar-refractivity contribution in [3.63, 3.8) is 0 Å². The molecule has 0 spiro atoms. The van der Waals surface area contributed by atoms with Crippen LogP contribution in [-0.2, 0) is 16.6 Å². The number of nitrogens with zero attached hydrogens (tertiary/aromatic N) is 2. The average Bonchev–Trinajstić information content (AvgIpc) is 2.85. The lowest BCUT2D eigenvalue weighted by molar-refractivity contribution is 0.570. The molecule has 0 aliphatic heterocycles. The van der Waals surface area contributed by atoms with E-state index >= 15 is 0 Å². The van der Waals surface area contributed by atoms with Gasteiger partial charge in [-0.3, -0.25) is 4.68 Å². The van der Waals surface area contributed by atoms with Crippen LogP contribution in [0.3, 0.4) is 0 Å². The zero-order valence-electron chi connectivity index (χ0n) is 11.7. The molecule has 0 saturated carbocycles. The van der Waals surface area contributed by atoms with Gasteiger partial charge < -0.3 is 5.32 Å². The lowest BCUT2D eigenvalue weighted by atomic mass is 10.2. The van der Waals surface area contributed by atoms with Gasteiger partial charge in [0.2, 0.25) is 10.0 Å². The van der Waals surface area contributed by atoms with E-state index in [1.165, 1.54) is 6.20 Å². The number of sulfonamides is 1. The van der Waals surface area contributed by atoms with Gasteiger partial charge in [-0.05, 0) is 13.5 Å². The van der Waals surface area contributed by atoms with Crippen LogP contribution in [0.2, 0.25) is 0 Å². The molecule has 19 heavy (non-hydrogen) atoms. The van der Waals surface area contributed by atoms with Gasteiger partial charge in [-0.25, -0.2) is 13.1 Å². The van der Waals surface area contributed by atoms with E-state index < -0.39 is 10.0 Å². The molecule has 0 bridgehead atoms. The molecular formula is C12H24N4O2S. The smallest absolute Gasteiger partial charge is 0.243 e. The number of hydrogen-bond acceptors (Lipinski definition) is 4. The molecule has 0 radical (unpaired) electrons. The molecule has 2 N–H and O–H groups in total. The van der Waals surface area contributed by atoms with Crippen LogP contribution in [0.4, 0.5) is 0 Å². The van der Waals surface area contributed by atoms with Crippen LogP contribution in [0.25, 0.3) is 0 Å². The highest BCUT2D eigenvalue weighted by Gasteiger charge is 2.15. The Balaban J connectivity index is 2.45. The van der Waals surface area contributed by atoms with Crippen molar-refractivity contribution in [1.29, 1.82) is 0 Å². The molecule has 7 heteroatoms. The number of unbranched alkanes of at least 4 members (excludes halogenated alkanes) is 3. The third kappa shape index (κ3) is 5.71. The summed E-state index contributed by atoms with van der Waals surface area (Å²) in [5, 5.41) is 7.03. The molecular weight excluding hydrogens is 264 g/mol. The monoisotopic (exact) mass is 288 g/mol. The molecule has 0 amide bonds. The molecule has 0 aliphatic rings. The maximum Gasteiger partial charge on any atom is 0.243 e. The van der Waals surface area contributed by atoms with E-state index in [0.717, 1.165) is 32.2 Å². The van der Waals surface area contributed by atoms with Crippen LogP contribution in [0.1, 0.15) is 32.6 Å². The first-order valence-electron chi connectivity index (χ1n) is 6.77. The van der Waals surface area contributed by atoms with Crippen molar-refractivity contribution >= 4 is 10.0 Å². The Morgan fingerprint density at radius 2 is 2.05 bits per heavy atom. The maximum absolute atomic E-state index is 12.0. The van der Waals surface area contributed by atoms with E-state index in [2.05, 4.69) is 22.1 Å². The summed E-state index contributed by atoms with van der Waals surface area (Å²) in [5.41, 5.74) is 0. The first-order chi connectivity index (χ1) is 9.10. The molecule has 110 valence electrons. The van der Waals surface area contributed by atoms with Crippen molar-refractivity contribution < 1.29 is 8.42 Å². The minimum Gasteiger partial charge on any atom is -0.318 e. The minimum absolute atomic E-state index is 0.235. The lowest BCUT2D eigenvalue weighted by Crippen LogP contribution is -2.24. The summed E-state index contributed by atoms with van der Waals surface area (Å²) in [4.78, 5) is 0.235. The molecule has 0 unspecified atom stereocenters. The number of likely N-dealkylation sites (N-methyl/N-ethyl adjacent to an activating group) is 1. The van der Waals surface area contributed by atoms with E-state index in [4.69, 9.17) is 0 Å². The fourth-order valence-electron chi connectivity index (χ4n) is 1.67. The summed E-state index contributed by atoms with van der Waals surface area (Å²) >= 11 is 0. The average molecular weight is 288 g/mol. The van der Waals surface area contributed by atoms with E-state index in [9.17, 15) is 8.42 Å². The van der Waals surface area contributed by atoms with E-state index in [1.807, 2.05) is 7.05 Å². The van der Waals surface area contributed by atoms with Gasteiger partial charge in [0.05, 0.1) is 12.7 Å². The number of rotatable bonds is 10. The van der Waals surface area contributed by atoms with Crippen molar-refractivity contribution in [1.82, 2.24) is 19.8 Å². The van der Waals surface area contributed by atoms with Gasteiger partial charge in [-0.1, -0.05) is 26.2 Å². The zero-order valence-corrected chi connectivity index (χ0v) is 12.5. The van der Waals surface area contributed by atoms with Gasteiger partial charge in [0.15, 0.2) is 0 Å². The predicted octanol–water partition coefficient (Wildman–Crippen LogP) is 0.961. The van der Waals surface area contributed by atoms with Crippen LogP contribution >= 0.6 is 0 Å². The molecule has 0 saturated heterocycles. The molecule has 1 rings (SSSR count). The van der Waals surface area contributed by atoms with E-state index in [-0.39, 0.29) is 4.90 Å². The predicted molar refractivity (Wildman–Crippen MR) is 75.5 cm³/mol. The SMILES string of the molecule is CCCCCCNS(=O)(=O)c1cnn(CCNC)c1. The summed E-state index contributed by atoms with van der Waals surface area (Å²) in [6, 6.07) is 0. The highest BCUT2D eigenvalue weighted by atomic mass is 32.2. The minimum atomic E-state index is -3.41. The molecule has 1 aromatic heterocycles. The Labute approximate surface area is 115 Å². The van der Waals surface area contributed by atoms with Crippen molar-refractivity contribution in [2.45, 2.75) is 44.0 Å². The Bertz CT molecular complexity index is 456. The lowest BCUT2D eigenvalue weighted by Gasteiger charge is -2.04.